The Morgan fingerprint density at radius 2 is 1.90 bits per heavy atom. The Kier molecular flexibility index (Phi) is 5.33. The number of amides is 1. The summed E-state index contributed by atoms with van der Waals surface area (Å²) in [6.45, 7) is 7.54. The highest BCUT2D eigenvalue weighted by Crippen LogP contribution is 2.24. The minimum absolute atomic E-state index is 0.124. The van der Waals surface area contributed by atoms with Gasteiger partial charge in [-0.1, -0.05) is 32.5 Å². The first kappa shape index (κ1) is 16.7. The first-order chi connectivity index (χ1) is 9.12. The molecule has 0 aromatic carbocycles. The lowest BCUT2D eigenvalue weighted by molar-refractivity contribution is -0.116. The molecule has 1 amide bonds. The van der Waals surface area contributed by atoms with Gasteiger partial charge >= 0.3 is 6.03 Å². The topological polar surface area (TPSA) is 68.1 Å². The number of hydrogen-bond acceptors (Lipinski definition) is 5. The van der Waals surface area contributed by atoms with Crippen LogP contribution in [0.3, 0.4) is 0 Å². The minimum Gasteiger partial charge on any atom is -0.329 e. The lowest BCUT2D eigenvalue weighted by Gasteiger charge is -2.13. The molecule has 0 aliphatic carbocycles. The van der Waals surface area contributed by atoms with E-state index in [9.17, 15) is 9.59 Å². The third-order valence-electron chi connectivity index (χ3n) is 2.50. The smallest absolute Gasteiger partial charge is 0.329 e. The van der Waals surface area contributed by atoms with E-state index in [0.29, 0.717) is 23.2 Å². The zero-order valence-corrected chi connectivity index (χ0v) is 13.7. The Morgan fingerprint density at radius 3 is 2.35 bits per heavy atom. The second kappa shape index (κ2) is 6.39. The molecular weight excluding hydrogens is 276 g/mol. The molecular formula is C13H22N4O2S. The number of Topliss-reactive ketones (excluding diaryl/α,β-unsaturated/α-hetero) is 1. The number of aromatic nitrogens is 3. The van der Waals surface area contributed by atoms with Crippen molar-refractivity contribution < 1.29 is 9.59 Å². The molecule has 0 N–H and O–H groups in total. The summed E-state index contributed by atoms with van der Waals surface area (Å²) < 4.78 is 1.31. The number of hydrogen-bond donors (Lipinski definition) is 0. The van der Waals surface area contributed by atoms with Gasteiger partial charge < -0.3 is 4.90 Å². The summed E-state index contributed by atoms with van der Waals surface area (Å²) in [4.78, 5) is 29.0. The van der Waals surface area contributed by atoms with Crippen LogP contribution in [0.25, 0.3) is 0 Å². The SMILES string of the molecule is CC(=O)CCSc1nc(C(C)(C)C)nn1C(=O)N(C)C. The maximum absolute atomic E-state index is 12.1. The van der Waals surface area contributed by atoms with Gasteiger partial charge in [0, 0.05) is 31.7 Å². The Morgan fingerprint density at radius 1 is 1.30 bits per heavy atom. The van der Waals surface area contributed by atoms with Gasteiger partial charge in [-0.15, -0.1) is 5.10 Å². The third kappa shape index (κ3) is 4.33. The van der Waals surface area contributed by atoms with Gasteiger partial charge in [-0.2, -0.15) is 4.68 Å². The van der Waals surface area contributed by atoms with Gasteiger partial charge in [0.25, 0.3) is 0 Å². The van der Waals surface area contributed by atoms with Crippen molar-refractivity contribution in [2.45, 2.75) is 44.7 Å². The summed E-state index contributed by atoms with van der Waals surface area (Å²) in [5.41, 5.74) is -0.228. The number of rotatable bonds is 4. The van der Waals surface area contributed by atoms with E-state index in [1.165, 1.54) is 21.3 Å². The highest BCUT2D eigenvalue weighted by Gasteiger charge is 2.25. The van der Waals surface area contributed by atoms with Crippen LogP contribution in [0.5, 0.6) is 0 Å². The average molecular weight is 298 g/mol. The Balaban J connectivity index is 3.03. The van der Waals surface area contributed by atoms with Crippen LogP contribution in [-0.4, -0.2) is 51.3 Å². The summed E-state index contributed by atoms with van der Waals surface area (Å²) in [5, 5.41) is 4.85. The molecule has 0 saturated carbocycles. The molecule has 0 bridgehead atoms. The molecule has 0 atom stereocenters. The predicted molar refractivity (Wildman–Crippen MR) is 79.2 cm³/mol. The lowest BCUT2D eigenvalue weighted by Crippen LogP contribution is -2.29. The van der Waals surface area contributed by atoms with E-state index in [0.717, 1.165) is 0 Å². The van der Waals surface area contributed by atoms with Crippen molar-refractivity contribution in [3.05, 3.63) is 5.82 Å². The number of nitrogens with zero attached hydrogens (tertiary/aromatic N) is 4. The zero-order chi connectivity index (χ0) is 15.5. The van der Waals surface area contributed by atoms with E-state index in [2.05, 4.69) is 10.1 Å². The van der Waals surface area contributed by atoms with Gasteiger partial charge in [0.2, 0.25) is 0 Å². The van der Waals surface area contributed by atoms with Crippen molar-refractivity contribution in [1.82, 2.24) is 19.7 Å². The molecule has 6 nitrogen and oxygen atoms in total. The van der Waals surface area contributed by atoms with E-state index in [1.807, 2.05) is 20.8 Å². The Hall–Kier alpha value is -1.37. The van der Waals surface area contributed by atoms with Crippen LogP contribution in [-0.2, 0) is 10.2 Å². The second-order valence-corrected chi connectivity index (χ2v) is 6.92. The van der Waals surface area contributed by atoms with Crippen LogP contribution < -0.4 is 0 Å². The van der Waals surface area contributed by atoms with E-state index in [4.69, 9.17) is 0 Å². The van der Waals surface area contributed by atoms with Crippen LogP contribution in [0.1, 0.15) is 39.9 Å². The zero-order valence-electron chi connectivity index (χ0n) is 12.9. The van der Waals surface area contributed by atoms with Crippen molar-refractivity contribution in [3.63, 3.8) is 0 Å². The number of thioether (sulfide) groups is 1. The number of carbonyl (C=O) groups excluding carboxylic acids is 2. The van der Waals surface area contributed by atoms with Crippen LogP contribution >= 0.6 is 11.8 Å². The van der Waals surface area contributed by atoms with Crippen molar-refractivity contribution in [2.24, 2.45) is 0 Å². The lowest BCUT2D eigenvalue weighted by atomic mass is 9.96. The fourth-order valence-electron chi connectivity index (χ4n) is 1.31. The summed E-state index contributed by atoms with van der Waals surface area (Å²) in [5.74, 6) is 1.34. The molecule has 1 aromatic heterocycles. The van der Waals surface area contributed by atoms with Crippen LogP contribution in [0.4, 0.5) is 4.79 Å². The normalized spacial score (nSPS) is 11.5. The van der Waals surface area contributed by atoms with Crippen molar-refractivity contribution >= 4 is 23.6 Å². The van der Waals surface area contributed by atoms with E-state index in [1.54, 1.807) is 21.0 Å². The van der Waals surface area contributed by atoms with E-state index in [-0.39, 0.29) is 17.2 Å². The molecule has 0 radical (unpaired) electrons. The minimum atomic E-state index is -0.238. The van der Waals surface area contributed by atoms with Crippen molar-refractivity contribution in [2.75, 3.05) is 19.8 Å². The average Bonchev–Trinajstić information content (AvgIpc) is 2.71. The largest absolute Gasteiger partial charge is 0.346 e. The summed E-state index contributed by atoms with van der Waals surface area (Å²) in [6, 6.07) is -0.238. The van der Waals surface area contributed by atoms with Gasteiger partial charge in [-0.25, -0.2) is 9.78 Å². The molecule has 20 heavy (non-hydrogen) atoms. The Bertz CT molecular complexity index is 503. The van der Waals surface area contributed by atoms with Crippen LogP contribution in [0.2, 0.25) is 0 Å². The van der Waals surface area contributed by atoms with Gasteiger partial charge in [0.1, 0.15) is 5.78 Å². The molecule has 0 aliphatic rings. The van der Waals surface area contributed by atoms with Gasteiger partial charge in [-0.3, -0.25) is 4.79 Å². The van der Waals surface area contributed by atoms with Gasteiger partial charge in [0.05, 0.1) is 0 Å². The fraction of sp³-hybridized carbons (Fsp3) is 0.692. The van der Waals surface area contributed by atoms with Crippen molar-refractivity contribution in [1.29, 1.82) is 0 Å². The van der Waals surface area contributed by atoms with Crippen LogP contribution in [0.15, 0.2) is 5.16 Å². The molecule has 1 heterocycles. The number of ketones is 1. The summed E-state index contributed by atoms with van der Waals surface area (Å²) in [7, 11) is 3.34. The monoisotopic (exact) mass is 298 g/mol. The maximum Gasteiger partial charge on any atom is 0.346 e. The van der Waals surface area contributed by atoms with E-state index < -0.39 is 0 Å². The number of carbonyl (C=O) groups is 2. The fourth-order valence-corrected chi connectivity index (χ4v) is 2.27. The first-order valence-corrected chi connectivity index (χ1v) is 7.43. The quantitative estimate of drug-likeness (QED) is 0.797. The summed E-state index contributed by atoms with van der Waals surface area (Å²) >= 11 is 1.38. The van der Waals surface area contributed by atoms with Gasteiger partial charge in [-0.05, 0) is 6.92 Å². The predicted octanol–water partition coefficient (Wildman–Crippen LogP) is 2.18. The second-order valence-electron chi connectivity index (χ2n) is 5.86. The molecule has 112 valence electrons. The molecule has 1 rings (SSSR count). The van der Waals surface area contributed by atoms with Crippen molar-refractivity contribution in [3.8, 4) is 0 Å². The molecule has 0 fully saturated rings. The van der Waals surface area contributed by atoms with Crippen LogP contribution in [0, 0.1) is 0 Å². The Labute approximate surface area is 123 Å². The molecule has 0 spiro atoms. The molecule has 7 heteroatoms. The van der Waals surface area contributed by atoms with E-state index >= 15 is 0 Å². The van der Waals surface area contributed by atoms with Gasteiger partial charge in [0.15, 0.2) is 11.0 Å². The third-order valence-corrected chi connectivity index (χ3v) is 3.43. The highest BCUT2D eigenvalue weighted by molar-refractivity contribution is 7.99. The molecule has 0 aliphatic heterocycles. The molecule has 1 aromatic rings. The maximum atomic E-state index is 12.1. The standard InChI is InChI=1S/C13H22N4O2S/c1-9(18)7-8-20-11-14-10(13(2,3)4)15-17(11)12(19)16(5)6/h7-8H2,1-6H3. The summed E-state index contributed by atoms with van der Waals surface area (Å²) in [6.07, 6.45) is 0.457. The highest BCUT2D eigenvalue weighted by atomic mass is 32.2. The first-order valence-electron chi connectivity index (χ1n) is 6.44. The molecule has 0 unspecified atom stereocenters. The molecule has 0 saturated heterocycles.